The largest absolute Gasteiger partial charge is 0.118 e. The van der Waals surface area contributed by atoms with Crippen molar-refractivity contribution in [1.29, 1.82) is 0 Å². The lowest BCUT2D eigenvalue weighted by atomic mass is 10.0. The first-order valence-corrected chi connectivity index (χ1v) is 12.4. The third-order valence-electron chi connectivity index (χ3n) is 5.34. The van der Waals surface area contributed by atoms with Gasteiger partial charge in [0.15, 0.2) is 0 Å². The number of rotatable bonds is 6. The van der Waals surface area contributed by atoms with Gasteiger partial charge in [-0.25, -0.2) is 0 Å². The Morgan fingerprint density at radius 3 is 2.00 bits per heavy atom. The molecule has 2 fully saturated rings. The Labute approximate surface area is 162 Å². The Kier molecular flexibility index (Phi) is 6.80. The van der Waals surface area contributed by atoms with Crippen molar-refractivity contribution in [2.45, 2.75) is 37.8 Å². The molecule has 4 rings (SSSR count). The van der Waals surface area contributed by atoms with Gasteiger partial charge in [0.1, 0.15) is 0 Å². The lowest BCUT2D eigenvalue weighted by molar-refractivity contribution is 0.513. The van der Waals surface area contributed by atoms with Gasteiger partial charge in [0.05, 0.1) is 0 Å². The predicted octanol–water partition coefficient (Wildman–Crippen LogP) is 5.86. The molecule has 0 amide bonds. The smallest absolute Gasteiger partial charge is 0.0198 e. The van der Waals surface area contributed by atoms with Crippen molar-refractivity contribution in [2.75, 3.05) is 6.16 Å². The van der Waals surface area contributed by atoms with Crippen LogP contribution in [0.2, 0.25) is 0 Å². The summed E-state index contributed by atoms with van der Waals surface area (Å²) in [5, 5.41) is 2.92. The van der Waals surface area contributed by atoms with Gasteiger partial charge in [-0.05, 0) is 68.4 Å². The Morgan fingerprint density at radius 1 is 0.769 bits per heavy atom. The minimum absolute atomic E-state index is 0.454. The SMILES string of the molecule is [CH]1[CH][C](CPC2CCCCC2)[C](P(c2ccccc2)c2ccccc2)[CH]1. The maximum absolute atomic E-state index is 2.38. The molecule has 0 saturated heterocycles. The van der Waals surface area contributed by atoms with Gasteiger partial charge in [-0.2, -0.15) is 0 Å². The Bertz CT molecular complexity index is 609. The summed E-state index contributed by atoms with van der Waals surface area (Å²) in [6, 6.07) is 22.2. The van der Waals surface area contributed by atoms with Gasteiger partial charge < -0.3 is 0 Å². The molecule has 1 unspecified atom stereocenters. The zero-order valence-electron chi connectivity index (χ0n) is 15.3. The first-order chi connectivity index (χ1) is 12.9. The van der Waals surface area contributed by atoms with Crippen LogP contribution in [-0.4, -0.2) is 11.8 Å². The maximum atomic E-state index is 2.38. The highest BCUT2D eigenvalue weighted by Gasteiger charge is 2.37. The quantitative estimate of drug-likeness (QED) is 0.553. The number of hydrogen-bond acceptors (Lipinski definition) is 0. The molecule has 2 saturated carbocycles. The van der Waals surface area contributed by atoms with Crippen LogP contribution >= 0.6 is 16.5 Å². The normalized spacial score (nSPS) is 20.5. The molecule has 2 heteroatoms. The molecular formula is C24H27P2. The van der Waals surface area contributed by atoms with E-state index >= 15 is 0 Å². The average molecular weight is 377 g/mol. The van der Waals surface area contributed by atoms with Crippen LogP contribution in [0.5, 0.6) is 0 Å². The van der Waals surface area contributed by atoms with E-state index in [0.29, 0.717) is 0 Å². The molecule has 2 aliphatic rings. The molecule has 0 bridgehead atoms. The molecule has 2 aliphatic carbocycles. The van der Waals surface area contributed by atoms with Crippen LogP contribution < -0.4 is 10.6 Å². The summed E-state index contributed by atoms with van der Waals surface area (Å²) in [4.78, 5) is 0. The second kappa shape index (κ2) is 9.48. The van der Waals surface area contributed by atoms with E-state index in [-0.39, 0.29) is 0 Å². The zero-order valence-corrected chi connectivity index (χ0v) is 17.2. The Morgan fingerprint density at radius 2 is 1.38 bits per heavy atom. The molecule has 0 aliphatic heterocycles. The highest BCUT2D eigenvalue weighted by Crippen LogP contribution is 2.57. The molecule has 2 aromatic rings. The van der Waals surface area contributed by atoms with Crippen molar-refractivity contribution in [2.24, 2.45) is 0 Å². The molecule has 5 radical (unpaired) electrons. The van der Waals surface area contributed by atoms with Crippen molar-refractivity contribution < 1.29 is 0 Å². The molecular weight excluding hydrogens is 350 g/mol. The van der Waals surface area contributed by atoms with Crippen LogP contribution in [0.4, 0.5) is 0 Å². The van der Waals surface area contributed by atoms with Crippen molar-refractivity contribution in [3.8, 4) is 0 Å². The fourth-order valence-electron chi connectivity index (χ4n) is 3.96. The second-order valence-corrected chi connectivity index (χ2v) is 10.9. The van der Waals surface area contributed by atoms with E-state index < -0.39 is 7.92 Å². The fourth-order valence-corrected chi connectivity index (χ4v) is 8.21. The highest BCUT2D eigenvalue weighted by atomic mass is 31.1. The first kappa shape index (κ1) is 18.7. The summed E-state index contributed by atoms with van der Waals surface area (Å²) in [6.07, 6.45) is 15.6. The van der Waals surface area contributed by atoms with Crippen molar-refractivity contribution in [3.63, 3.8) is 0 Å². The lowest BCUT2D eigenvalue weighted by Gasteiger charge is -2.30. The van der Waals surface area contributed by atoms with E-state index in [2.05, 4.69) is 79.9 Å². The van der Waals surface area contributed by atoms with Gasteiger partial charge in [0, 0.05) is 5.66 Å². The van der Waals surface area contributed by atoms with Crippen molar-refractivity contribution >= 4 is 27.1 Å². The summed E-state index contributed by atoms with van der Waals surface area (Å²) in [5.41, 5.74) is 2.55. The molecule has 26 heavy (non-hydrogen) atoms. The Hall–Kier alpha value is -0.700. The van der Waals surface area contributed by atoms with Crippen LogP contribution in [-0.2, 0) is 0 Å². The third-order valence-corrected chi connectivity index (χ3v) is 9.62. The van der Waals surface area contributed by atoms with Crippen molar-refractivity contribution in [1.82, 2.24) is 0 Å². The van der Waals surface area contributed by atoms with E-state index in [0.717, 1.165) is 14.2 Å². The zero-order chi connectivity index (χ0) is 17.6. The van der Waals surface area contributed by atoms with Crippen LogP contribution in [0, 0.1) is 30.8 Å². The molecule has 0 spiro atoms. The Balaban J connectivity index is 1.52. The monoisotopic (exact) mass is 377 g/mol. The summed E-state index contributed by atoms with van der Waals surface area (Å²) in [5.74, 6) is 1.59. The summed E-state index contributed by atoms with van der Waals surface area (Å²) < 4.78 is 0. The van der Waals surface area contributed by atoms with Gasteiger partial charge in [0.2, 0.25) is 0 Å². The lowest BCUT2D eigenvalue weighted by Crippen LogP contribution is -2.20. The summed E-state index contributed by atoms with van der Waals surface area (Å²) >= 11 is 0. The van der Waals surface area contributed by atoms with Crippen LogP contribution in [0.1, 0.15) is 32.1 Å². The first-order valence-electron chi connectivity index (χ1n) is 9.80. The van der Waals surface area contributed by atoms with Gasteiger partial charge in [0.25, 0.3) is 0 Å². The molecule has 0 nitrogen and oxygen atoms in total. The van der Waals surface area contributed by atoms with Gasteiger partial charge in [-0.1, -0.05) is 79.9 Å². The molecule has 0 heterocycles. The topological polar surface area (TPSA) is 0 Å². The van der Waals surface area contributed by atoms with Crippen LogP contribution in [0.3, 0.4) is 0 Å². The predicted molar refractivity (Wildman–Crippen MR) is 119 cm³/mol. The van der Waals surface area contributed by atoms with Crippen molar-refractivity contribution in [3.05, 3.63) is 91.5 Å². The molecule has 0 aromatic heterocycles. The van der Waals surface area contributed by atoms with Crippen LogP contribution in [0.25, 0.3) is 0 Å². The fraction of sp³-hybridized carbons (Fsp3) is 0.292. The van der Waals surface area contributed by atoms with E-state index in [1.807, 2.05) is 0 Å². The van der Waals surface area contributed by atoms with Gasteiger partial charge in [-0.3, -0.25) is 0 Å². The number of hydrogen-bond donors (Lipinski definition) is 0. The minimum Gasteiger partial charge on any atom is -0.118 e. The molecule has 2 aromatic carbocycles. The minimum atomic E-state index is -0.454. The average Bonchev–Trinajstić information content (AvgIpc) is 3.17. The molecule has 1 atom stereocenters. The third kappa shape index (κ3) is 4.58. The van der Waals surface area contributed by atoms with E-state index in [9.17, 15) is 0 Å². The van der Waals surface area contributed by atoms with Gasteiger partial charge >= 0.3 is 0 Å². The van der Waals surface area contributed by atoms with E-state index in [4.69, 9.17) is 0 Å². The second-order valence-electron chi connectivity index (χ2n) is 7.16. The van der Waals surface area contributed by atoms with Crippen LogP contribution in [0.15, 0.2) is 60.7 Å². The van der Waals surface area contributed by atoms with E-state index in [1.165, 1.54) is 48.9 Å². The summed E-state index contributed by atoms with van der Waals surface area (Å²) in [6.45, 7) is 0. The molecule has 0 N–H and O–H groups in total. The number of benzene rings is 2. The maximum Gasteiger partial charge on any atom is 0.0198 e. The van der Waals surface area contributed by atoms with E-state index in [1.54, 1.807) is 11.6 Å². The highest BCUT2D eigenvalue weighted by molar-refractivity contribution is 7.76. The molecule has 133 valence electrons. The standard InChI is InChI=1S/C24H27P2/c1-4-12-21(13-5-1)25-19-20-11-10-18-24(20)26(22-14-6-2-7-15-22)23-16-8-3-9-17-23/h2-3,6-11,14-18,21,25H,1,4-5,12-13,19H2. The summed E-state index contributed by atoms with van der Waals surface area (Å²) in [7, 11) is 0.636. The van der Waals surface area contributed by atoms with Gasteiger partial charge in [-0.15, -0.1) is 8.58 Å².